The van der Waals surface area contributed by atoms with Crippen LogP contribution in [-0.2, 0) is 11.3 Å². The van der Waals surface area contributed by atoms with Crippen molar-refractivity contribution in [3.05, 3.63) is 64.9 Å². The maximum Gasteiger partial charge on any atom is 0.410 e. The number of nitrogens with one attached hydrogen (secondary N) is 1. The van der Waals surface area contributed by atoms with Gasteiger partial charge in [-0.15, -0.1) is 0 Å². The molecule has 1 aromatic heterocycles. The maximum absolute atomic E-state index is 13.2. The van der Waals surface area contributed by atoms with Crippen LogP contribution >= 0.6 is 0 Å². The Kier molecular flexibility index (Phi) is 6.55. The smallest absolute Gasteiger partial charge is 0.410 e. The van der Waals surface area contributed by atoms with E-state index in [4.69, 9.17) is 13.9 Å². The second kappa shape index (κ2) is 9.41. The summed E-state index contributed by atoms with van der Waals surface area (Å²) in [5.41, 5.74) is 2.84. The number of ether oxygens (including phenoxy) is 2. The summed E-state index contributed by atoms with van der Waals surface area (Å²) in [4.78, 5) is 27.1. The Morgan fingerprint density at radius 3 is 2.56 bits per heavy atom. The fourth-order valence-electron chi connectivity index (χ4n) is 4.05. The van der Waals surface area contributed by atoms with Crippen LogP contribution in [0, 0.1) is 13.8 Å². The van der Waals surface area contributed by atoms with Gasteiger partial charge in [-0.2, -0.15) is 0 Å². The molecule has 2 aromatic carbocycles. The molecule has 2 heterocycles. The van der Waals surface area contributed by atoms with Crippen LogP contribution in [0.15, 0.2) is 46.9 Å². The van der Waals surface area contributed by atoms with Crippen molar-refractivity contribution >= 4 is 23.0 Å². The Hall–Kier alpha value is -3.48. The average Bonchev–Trinajstić information content (AvgIpc) is 3.35. The van der Waals surface area contributed by atoms with Crippen molar-refractivity contribution in [3.63, 3.8) is 0 Å². The van der Waals surface area contributed by atoms with Crippen molar-refractivity contribution in [1.82, 2.24) is 10.2 Å². The number of benzene rings is 2. The van der Waals surface area contributed by atoms with Gasteiger partial charge in [0.05, 0.1) is 5.56 Å². The fraction of sp³-hybridized carbons (Fsp3) is 0.407. The third-order valence-electron chi connectivity index (χ3n) is 5.76. The largest absolute Gasteiger partial charge is 0.489 e. The van der Waals surface area contributed by atoms with Gasteiger partial charge in [-0.25, -0.2) is 4.79 Å². The summed E-state index contributed by atoms with van der Waals surface area (Å²) in [6, 6.07) is 13.5. The molecule has 3 aromatic rings. The Morgan fingerprint density at radius 2 is 1.85 bits per heavy atom. The van der Waals surface area contributed by atoms with Gasteiger partial charge in [-0.1, -0.05) is 29.8 Å². The van der Waals surface area contributed by atoms with Crippen molar-refractivity contribution in [2.24, 2.45) is 0 Å². The predicted octanol–water partition coefficient (Wildman–Crippen LogP) is 5.37. The SMILES string of the molecule is Cc1ccc(COc2ccc3oc(C)c(C(=O)N[C@H]4CCN(C(=O)OC(C)(C)C)C4)c3c2)cc1. The number of aryl methyl sites for hydroxylation is 2. The summed E-state index contributed by atoms with van der Waals surface area (Å²) in [7, 11) is 0. The first kappa shape index (κ1) is 23.7. The molecule has 7 heteroatoms. The van der Waals surface area contributed by atoms with E-state index in [0.717, 1.165) is 5.56 Å². The molecule has 0 bridgehead atoms. The average molecular weight is 465 g/mol. The number of rotatable bonds is 5. The molecule has 1 aliphatic rings. The number of carbonyl (C=O) groups excluding carboxylic acids is 2. The number of hydrogen-bond acceptors (Lipinski definition) is 5. The molecule has 7 nitrogen and oxygen atoms in total. The summed E-state index contributed by atoms with van der Waals surface area (Å²) < 4.78 is 17.2. The van der Waals surface area contributed by atoms with Crippen LogP contribution in [0.5, 0.6) is 5.75 Å². The molecular weight excluding hydrogens is 432 g/mol. The van der Waals surface area contributed by atoms with Crippen molar-refractivity contribution in [2.45, 2.75) is 59.3 Å². The van der Waals surface area contributed by atoms with Gasteiger partial charge in [-0.3, -0.25) is 4.79 Å². The molecule has 1 atom stereocenters. The van der Waals surface area contributed by atoms with E-state index in [1.165, 1.54) is 5.56 Å². The van der Waals surface area contributed by atoms with Crippen LogP contribution < -0.4 is 10.1 Å². The van der Waals surface area contributed by atoms with Gasteiger partial charge < -0.3 is 24.1 Å². The topological polar surface area (TPSA) is 81.0 Å². The molecule has 34 heavy (non-hydrogen) atoms. The van der Waals surface area contributed by atoms with E-state index in [9.17, 15) is 9.59 Å². The van der Waals surface area contributed by atoms with Crippen molar-refractivity contribution < 1.29 is 23.5 Å². The molecule has 0 aliphatic carbocycles. The van der Waals surface area contributed by atoms with Gasteiger partial charge in [-0.05, 0) is 64.8 Å². The first-order chi connectivity index (χ1) is 16.1. The number of likely N-dealkylation sites (tertiary alicyclic amines) is 1. The number of amides is 2. The van der Waals surface area contributed by atoms with Gasteiger partial charge in [0.1, 0.15) is 29.3 Å². The predicted molar refractivity (Wildman–Crippen MR) is 130 cm³/mol. The molecule has 1 N–H and O–H groups in total. The van der Waals surface area contributed by atoms with E-state index in [2.05, 4.69) is 17.4 Å². The van der Waals surface area contributed by atoms with E-state index < -0.39 is 5.60 Å². The standard InChI is InChI=1S/C27H32N2O5/c1-17-6-8-19(9-7-17)16-32-21-10-11-23-22(14-21)24(18(2)33-23)25(30)28-20-12-13-29(15-20)26(31)34-27(3,4)5/h6-11,14,20H,12-13,15-16H2,1-5H3,(H,28,30)/t20-/m0/s1. The van der Waals surface area contributed by atoms with E-state index >= 15 is 0 Å². The van der Waals surface area contributed by atoms with Crippen LogP contribution in [-0.4, -0.2) is 41.6 Å². The monoisotopic (exact) mass is 464 g/mol. The maximum atomic E-state index is 13.2. The third kappa shape index (κ3) is 5.53. The Morgan fingerprint density at radius 1 is 1.12 bits per heavy atom. The molecule has 0 radical (unpaired) electrons. The van der Waals surface area contributed by atoms with E-state index in [1.807, 2.05) is 58.0 Å². The number of hydrogen-bond donors (Lipinski definition) is 1. The van der Waals surface area contributed by atoms with Crippen LogP contribution in [0.3, 0.4) is 0 Å². The zero-order valence-corrected chi connectivity index (χ0v) is 20.4. The van der Waals surface area contributed by atoms with Crippen molar-refractivity contribution in [2.75, 3.05) is 13.1 Å². The minimum absolute atomic E-state index is 0.148. The minimum Gasteiger partial charge on any atom is -0.489 e. The Bertz CT molecular complexity index is 1190. The highest BCUT2D eigenvalue weighted by atomic mass is 16.6. The number of nitrogens with zero attached hydrogens (tertiary/aromatic N) is 1. The van der Waals surface area contributed by atoms with Gasteiger partial charge in [0, 0.05) is 24.5 Å². The molecule has 1 saturated heterocycles. The highest BCUT2D eigenvalue weighted by Crippen LogP contribution is 2.30. The first-order valence-corrected chi connectivity index (χ1v) is 11.6. The van der Waals surface area contributed by atoms with E-state index in [-0.39, 0.29) is 18.0 Å². The van der Waals surface area contributed by atoms with E-state index in [0.29, 0.717) is 54.2 Å². The van der Waals surface area contributed by atoms with Gasteiger partial charge >= 0.3 is 6.09 Å². The van der Waals surface area contributed by atoms with Gasteiger partial charge in [0.15, 0.2) is 0 Å². The molecule has 0 spiro atoms. The summed E-state index contributed by atoms with van der Waals surface area (Å²) in [5, 5.41) is 3.76. The molecule has 1 fully saturated rings. The zero-order valence-electron chi connectivity index (χ0n) is 20.4. The van der Waals surface area contributed by atoms with Crippen molar-refractivity contribution in [3.8, 4) is 5.75 Å². The quantitative estimate of drug-likeness (QED) is 0.549. The number of fused-ring (bicyclic) bond motifs is 1. The summed E-state index contributed by atoms with van der Waals surface area (Å²) in [6.45, 7) is 10.7. The molecule has 1 aliphatic heterocycles. The van der Waals surface area contributed by atoms with Gasteiger partial charge in [0.2, 0.25) is 0 Å². The fourth-order valence-corrected chi connectivity index (χ4v) is 4.05. The summed E-state index contributed by atoms with van der Waals surface area (Å²) in [6.07, 6.45) is 0.314. The van der Waals surface area contributed by atoms with Crippen LogP contribution in [0.4, 0.5) is 4.79 Å². The lowest BCUT2D eigenvalue weighted by Crippen LogP contribution is -2.40. The molecular formula is C27H32N2O5. The molecule has 0 unspecified atom stereocenters. The lowest BCUT2D eigenvalue weighted by atomic mass is 10.1. The molecule has 2 amide bonds. The highest BCUT2D eigenvalue weighted by molar-refractivity contribution is 6.07. The third-order valence-corrected chi connectivity index (χ3v) is 5.76. The number of carbonyl (C=O) groups is 2. The van der Waals surface area contributed by atoms with E-state index in [1.54, 1.807) is 11.8 Å². The number of furan rings is 1. The van der Waals surface area contributed by atoms with Crippen LogP contribution in [0.1, 0.15) is 54.4 Å². The Labute approximate surface area is 200 Å². The first-order valence-electron chi connectivity index (χ1n) is 11.6. The van der Waals surface area contributed by atoms with Crippen LogP contribution in [0.2, 0.25) is 0 Å². The summed E-state index contributed by atoms with van der Waals surface area (Å²) >= 11 is 0. The second-order valence-electron chi connectivity index (χ2n) is 9.85. The van der Waals surface area contributed by atoms with Gasteiger partial charge in [0.25, 0.3) is 5.91 Å². The Balaban J connectivity index is 1.44. The molecule has 4 rings (SSSR count). The second-order valence-corrected chi connectivity index (χ2v) is 9.85. The normalized spacial score (nSPS) is 16.0. The lowest BCUT2D eigenvalue weighted by molar-refractivity contribution is 0.0290. The highest BCUT2D eigenvalue weighted by Gasteiger charge is 2.31. The summed E-state index contributed by atoms with van der Waals surface area (Å²) in [5.74, 6) is 0.994. The molecule has 0 saturated carbocycles. The molecule has 180 valence electrons. The van der Waals surface area contributed by atoms with Crippen LogP contribution in [0.25, 0.3) is 11.0 Å². The zero-order chi connectivity index (χ0) is 24.5. The lowest BCUT2D eigenvalue weighted by Gasteiger charge is -2.24. The van der Waals surface area contributed by atoms with Crippen molar-refractivity contribution in [1.29, 1.82) is 0 Å². The minimum atomic E-state index is -0.551.